The van der Waals surface area contributed by atoms with Crippen molar-refractivity contribution in [1.29, 1.82) is 0 Å². The van der Waals surface area contributed by atoms with Crippen LogP contribution in [-0.2, 0) is 14.1 Å². The maximum absolute atomic E-state index is 12.1. The first-order chi connectivity index (χ1) is 9.83. The maximum atomic E-state index is 12.1. The van der Waals surface area contributed by atoms with Crippen molar-refractivity contribution in [2.45, 2.75) is 19.6 Å². The van der Waals surface area contributed by atoms with Gasteiger partial charge in [-0.15, -0.1) is 5.16 Å². The first-order valence-electron chi connectivity index (χ1n) is 6.44. The van der Waals surface area contributed by atoms with Gasteiger partial charge >= 0.3 is 5.97 Å². The molecule has 0 aliphatic heterocycles. The summed E-state index contributed by atoms with van der Waals surface area (Å²) in [5.74, 6) is -0.933. The van der Waals surface area contributed by atoms with Gasteiger partial charge in [-0.25, -0.2) is 4.79 Å². The van der Waals surface area contributed by atoms with Crippen molar-refractivity contribution in [1.82, 2.24) is 0 Å². The zero-order valence-corrected chi connectivity index (χ0v) is 13.6. The maximum Gasteiger partial charge on any atom is 0.339 e. The van der Waals surface area contributed by atoms with Gasteiger partial charge in [-0.3, -0.25) is 4.79 Å². The van der Waals surface area contributed by atoms with Crippen molar-refractivity contribution in [3.63, 3.8) is 0 Å². The van der Waals surface area contributed by atoms with E-state index >= 15 is 0 Å². The molecule has 0 saturated heterocycles. The first-order valence-corrected chi connectivity index (χ1v) is 9.85. The van der Waals surface area contributed by atoms with Gasteiger partial charge in [0, 0.05) is 11.6 Å². The number of benzene rings is 1. The van der Waals surface area contributed by atoms with Crippen LogP contribution in [0.4, 0.5) is 0 Å². The predicted octanol–water partition coefficient (Wildman–Crippen LogP) is 2.81. The number of esters is 1. The van der Waals surface area contributed by atoms with Gasteiger partial charge in [0.15, 0.2) is 5.78 Å². The van der Waals surface area contributed by atoms with Crippen LogP contribution in [0.2, 0.25) is 19.6 Å². The highest BCUT2D eigenvalue weighted by Crippen LogP contribution is 2.06. The van der Waals surface area contributed by atoms with Crippen LogP contribution < -0.4 is 0 Å². The number of hydrogen-bond donors (Lipinski definition) is 0. The second-order valence-electron chi connectivity index (χ2n) is 5.26. The number of rotatable bonds is 6. The van der Waals surface area contributed by atoms with Crippen molar-refractivity contribution >= 4 is 26.3 Å². The number of allylic oxidation sites excluding steroid dienone is 1. The molecule has 0 bridgehead atoms. The lowest BCUT2D eigenvalue weighted by molar-refractivity contribution is -0.135. The van der Waals surface area contributed by atoms with E-state index in [9.17, 15) is 9.59 Å². The Morgan fingerprint density at radius 3 is 2.29 bits per heavy atom. The van der Waals surface area contributed by atoms with Crippen molar-refractivity contribution in [2.75, 3.05) is 7.11 Å². The summed E-state index contributed by atoms with van der Waals surface area (Å²) < 4.78 is 9.93. The molecule has 1 aromatic rings. The fraction of sp³-hybridized carbons (Fsp3) is 0.267. The van der Waals surface area contributed by atoms with E-state index in [2.05, 4.69) is 9.89 Å². The minimum Gasteiger partial charge on any atom is -0.465 e. The Labute approximate surface area is 125 Å². The quantitative estimate of drug-likeness (QED) is 0.202. The van der Waals surface area contributed by atoms with E-state index < -0.39 is 14.3 Å². The Balaban J connectivity index is 2.95. The third kappa shape index (κ3) is 6.18. The summed E-state index contributed by atoms with van der Waals surface area (Å²) >= 11 is 0. The molecular formula is C15H19NO4Si. The molecule has 1 aromatic carbocycles. The van der Waals surface area contributed by atoms with Crippen LogP contribution >= 0.6 is 0 Å². The molecule has 0 spiro atoms. The number of ketones is 1. The van der Waals surface area contributed by atoms with Crippen LogP contribution in [0.15, 0.2) is 47.1 Å². The van der Waals surface area contributed by atoms with Crippen LogP contribution in [0.25, 0.3) is 0 Å². The normalized spacial score (nSPS) is 12.3. The zero-order chi connectivity index (χ0) is 15.9. The number of carbonyl (C=O) groups is 2. The van der Waals surface area contributed by atoms with E-state index in [0.29, 0.717) is 5.56 Å². The van der Waals surface area contributed by atoms with Crippen LogP contribution in [0.3, 0.4) is 0 Å². The summed E-state index contributed by atoms with van der Waals surface area (Å²) in [6.45, 7) is 5.88. The van der Waals surface area contributed by atoms with E-state index in [1.807, 2.05) is 25.7 Å². The molecule has 5 nitrogen and oxygen atoms in total. The third-order valence-corrected chi connectivity index (χ3v) is 2.94. The number of ether oxygens (including phenoxy) is 1. The Morgan fingerprint density at radius 2 is 1.76 bits per heavy atom. The van der Waals surface area contributed by atoms with Gasteiger partial charge in [-0.1, -0.05) is 30.3 Å². The predicted molar refractivity (Wildman–Crippen MR) is 83.8 cm³/mol. The fourth-order valence-corrected chi connectivity index (χ4v) is 1.70. The second-order valence-corrected chi connectivity index (χ2v) is 9.67. The van der Waals surface area contributed by atoms with Gasteiger partial charge in [0.1, 0.15) is 0 Å². The van der Waals surface area contributed by atoms with E-state index in [1.165, 1.54) is 19.4 Å². The number of carbonyl (C=O) groups excluding carboxylic acids is 2. The number of hydrogen-bond acceptors (Lipinski definition) is 5. The summed E-state index contributed by atoms with van der Waals surface area (Å²) in [4.78, 5) is 23.7. The monoisotopic (exact) mass is 305 g/mol. The van der Waals surface area contributed by atoms with Crippen LogP contribution in [-0.4, -0.2) is 33.4 Å². The smallest absolute Gasteiger partial charge is 0.339 e. The SMILES string of the molecule is COC(=O)C(/C=N/O[Si](C)(C)C)=C/C(=O)c1ccccc1. The topological polar surface area (TPSA) is 65.0 Å². The van der Waals surface area contributed by atoms with Gasteiger partial charge in [0.05, 0.1) is 18.9 Å². The van der Waals surface area contributed by atoms with E-state index in [4.69, 9.17) is 4.53 Å². The molecule has 112 valence electrons. The van der Waals surface area contributed by atoms with Crippen molar-refractivity contribution < 1.29 is 18.9 Å². The molecule has 0 aliphatic carbocycles. The molecule has 0 heterocycles. The number of oxime groups is 1. The van der Waals surface area contributed by atoms with Crippen molar-refractivity contribution in [2.24, 2.45) is 5.16 Å². The zero-order valence-electron chi connectivity index (χ0n) is 12.6. The van der Waals surface area contributed by atoms with Crippen LogP contribution in [0, 0.1) is 0 Å². The van der Waals surface area contributed by atoms with Crippen molar-refractivity contribution in [3.05, 3.63) is 47.5 Å². The molecule has 0 radical (unpaired) electrons. The molecule has 0 aliphatic rings. The largest absolute Gasteiger partial charge is 0.465 e. The lowest BCUT2D eigenvalue weighted by atomic mass is 10.1. The Kier molecular flexibility index (Phi) is 6.04. The third-order valence-electron chi connectivity index (χ3n) is 2.28. The standard InChI is InChI=1S/C15H19NO4Si/c1-19-15(18)13(11-16-20-21(2,3)4)10-14(17)12-8-6-5-7-9-12/h5-11H,1-4H3/b13-10+,16-11+. The summed E-state index contributed by atoms with van der Waals surface area (Å²) in [5, 5.41) is 3.77. The molecule has 0 N–H and O–H groups in total. The second kappa shape index (κ2) is 7.54. The summed E-state index contributed by atoms with van der Waals surface area (Å²) in [6, 6.07) is 8.65. The highest BCUT2D eigenvalue weighted by Gasteiger charge is 2.16. The lowest BCUT2D eigenvalue weighted by Crippen LogP contribution is -2.22. The van der Waals surface area contributed by atoms with Gasteiger partial charge in [-0.05, 0) is 19.6 Å². The molecule has 0 saturated carbocycles. The van der Waals surface area contributed by atoms with Gasteiger partial charge in [0.25, 0.3) is 8.32 Å². The van der Waals surface area contributed by atoms with E-state index in [1.54, 1.807) is 24.3 Å². The van der Waals surface area contributed by atoms with Crippen LogP contribution in [0.1, 0.15) is 10.4 Å². The van der Waals surface area contributed by atoms with E-state index in [0.717, 1.165) is 0 Å². The lowest BCUT2D eigenvalue weighted by Gasteiger charge is -2.12. The Morgan fingerprint density at radius 1 is 1.14 bits per heavy atom. The minimum absolute atomic E-state index is 0.0459. The van der Waals surface area contributed by atoms with Crippen LogP contribution in [0.5, 0.6) is 0 Å². The molecule has 0 amide bonds. The molecule has 6 heteroatoms. The highest BCUT2D eigenvalue weighted by atomic mass is 28.4. The Bertz CT molecular complexity index is 559. The van der Waals surface area contributed by atoms with Gasteiger partial charge < -0.3 is 9.26 Å². The minimum atomic E-state index is -1.84. The first kappa shape index (κ1) is 16.8. The summed E-state index contributed by atoms with van der Waals surface area (Å²) in [5.41, 5.74) is 0.531. The van der Waals surface area contributed by atoms with E-state index in [-0.39, 0.29) is 11.4 Å². The molecule has 0 aromatic heterocycles. The molecule has 21 heavy (non-hydrogen) atoms. The summed E-state index contributed by atoms with van der Waals surface area (Å²) in [7, 11) is -0.589. The average molecular weight is 305 g/mol. The molecule has 1 rings (SSSR count). The van der Waals surface area contributed by atoms with Crippen molar-refractivity contribution in [3.8, 4) is 0 Å². The van der Waals surface area contributed by atoms with Gasteiger partial charge in [-0.2, -0.15) is 0 Å². The molecule has 0 unspecified atom stereocenters. The highest BCUT2D eigenvalue weighted by molar-refractivity contribution is 6.69. The number of methoxy groups -OCH3 is 1. The Hall–Kier alpha value is -2.21. The number of nitrogens with zero attached hydrogens (tertiary/aromatic N) is 1. The molecular weight excluding hydrogens is 286 g/mol. The molecule has 0 fully saturated rings. The molecule has 0 atom stereocenters. The average Bonchev–Trinajstić information content (AvgIpc) is 2.45. The summed E-state index contributed by atoms with van der Waals surface area (Å²) in [6.07, 6.45) is 2.41. The fourth-order valence-electron chi connectivity index (χ4n) is 1.33. The van der Waals surface area contributed by atoms with Gasteiger partial charge in [0.2, 0.25) is 0 Å².